The standard InChI is InChI=1S/C17H20FNO4/c1-3-4-5-6-16(21)19-11-13(17(22)23-2)9-12-7-8-15(20)14(18)10-12/h3-8,10,13,20H,9,11H2,1-2H3,(H,19,21). The molecule has 0 fully saturated rings. The average molecular weight is 321 g/mol. The first kappa shape index (κ1) is 18.4. The molecule has 1 unspecified atom stereocenters. The van der Waals surface area contributed by atoms with Crippen LogP contribution in [-0.2, 0) is 20.7 Å². The quantitative estimate of drug-likeness (QED) is 0.458. The number of phenolic OH excluding ortho intramolecular Hbond substituents is 1. The van der Waals surface area contributed by atoms with Crippen LogP contribution in [0.15, 0.2) is 42.5 Å². The molecule has 1 amide bonds. The van der Waals surface area contributed by atoms with Gasteiger partial charge in [-0.2, -0.15) is 0 Å². The molecule has 1 rings (SSSR count). The summed E-state index contributed by atoms with van der Waals surface area (Å²) in [6.45, 7) is 1.89. The molecule has 23 heavy (non-hydrogen) atoms. The van der Waals surface area contributed by atoms with Crippen LogP contribution in [0.1, 0.15) is 12.5 Å². The Labute approximate surface area is 134 Å². The van der Waals surface area contributed by atoms with E-state index >= 15 is 0 Å². The highest BCUT2D eigenvalue weighted by Gasteiger charge is 2.20. The number of carbonyl (C=O) groups is 2. The summed E-state index contributed by atoms with van der Waals surface area (Å²) in [5.41, 5.74) is 0.523. The minimum absolute atomic E-state index is 0.0637. The zero-order chi connectivity index (χ0) is 17.2. The minimum atomic E-state index is -0.760. The number of carbonyl (C=O) groups excluding carboxylic acids is 2. The lowest BCUT2D eigenvalue weighted by Gasteiger charge is -2.15. The number of hydrogen-bond donors (Lipinski definition) is 2. The smallest absolute Gasteiger partial charge is 0.310 e. The van der Waals surface area contributed by atoms with Crippen molar-refractivity contribution >= 4 is 11.9 Å². The first-order valence-electron chi connectivity index (χ1n) is 7.10. The van der Waals surface area contributed by atoms with Gasteiger partial charge in [-0.25, -0.2) is 4.39 Å². The fourth-order valence-electron chi connectivity index (χ4n) is 1.90. The van der Waals surface area contributed by atoms with Crippen LogP contribution in [0.2, 0.25) is 0 Å². The number of aromatic hydroxyl groups is 1. The Morgan fingerprint density at radius 3 is 2.74 bits per heavy atom. The molecule has 0 heterocycles. The number of esters is 1. The third kappa shape index (κ3) is 6.34. The highest BCUT2D eigenvalue weighted by atomic mass is 19.1. The summed E-state index contributed by atoms with van der Waals surface area (Å²) in [5.74, 6) is -2.71. The third-order valence-corrected chi connectivity index (χ3v) is 3.10. The molecule has 0 saturated heterocycles. The van der Waals surface area contributed by atoms with Crippen molar-refractivity contribution in [1.29, 1.82) is 0 Å². The Morgan fingerprint density at radius 1 is 1.39 bits per heavy atom. The Balaban J connectivity index is 2.71. The van der Waals surface area contributed by atoms with Crippen LogP contribution in [0.4, 0.5) is 4.39 Å². The van der Waals surface area contributed by atoms with E-state index in [0.29, 0.717) is 5.56 Å². The van der Waals surface area contributed by atoms with Gasteiger partial charge in [0.05, 0.1) is 13.0 Å². The van der Waals surface area contributed by atoms with Crippen molar-refractivity contribution in [2.45, 2.75) is 13.3 Å². The number of phenols is 1. The van der Waals surface area contributed by atoms with Gasteiger partial charge in [0.2, 0.25) is 5.91 Å². The van der Waals surface area contributed by atoms with E-state index in [2.05, 4.69) is 5.32 Å². The van der Waals surface area contributed by atoms with E-state index < -0.39 is 23.5 Å². The summed E-state index contributed by atoms with van der Waals surface area (Å²) in [5, 5.41) is 11.8. The molecule has 0 saturated carbocycles. The second-order valence-corrected chi connectivity index (χ2v) is 4.84. The number of rotatable bonds is 7. The number of allylic oxidation sites excluding steroid dienone is 3. The summed E-state index contributed by atoms with van der Waals surface area (Å²) >= 11 is 0. The van der Waals surface area contributed by atoms with Gasteiger partial charge < -0.3 is 15.2 Å². The molecule has 0 bridgehead atoms. The first-order valence-corrected chi connectivity index (χ1v) is 7.10. The van der Waals surface area contributed by atoms with E-state index in [0.717, 1.165) is 6.07 Å². The van der Waals surface area contributed by atoms with Crippen LogP contribution in [0.5, 0.6) is 5.75 Å². The fourth-order valence-corrected chi connectivity index (χ4v) is 1.90. The highest BCUT2D eigenvalue weighted by molar-refractivity contribution is 5.88. The van der Waals surface area contributed by atoms with Crippen molar-refractivity contribution in [3.63, 3.8) is 0 Å². The van der Waals surface area contributed by atoms with Gasteiger partial charge in [0, 0.05) is 12.6 Å². The van der Waals surface area contributed by atoms with Crippen molar-refractivity contribution in [2.24, 2.45) is 5.92 Å². The summed E-state index contributed by atoms with van der Waals surface area (Å²) in [4.78, 5) is 23.4. The highest BCUT2D eigenvalue weighted by Crippen LogP contribution is 2.18. The van der Waals surface area contributed by atoms with E-state index in [1.54, 1.807) is 18.2 Å². The fraction of sp³-hybridized carbons (Fsp3) is 0.294. The van der Waals surface area contributed by atoms with E-state index in [4.69, 9.17) is 4.74 Å². The van der Waals surface area contributed by atoms with Gasteiger partial charge >= 0.3 is 5.97 Å². The summed E-state index contributed by atoms with van der Waals surface area (Å²) in [6, 6.07) is 3.89. The van der Waals surface area contributed by atoms with Crippen molar-refractivity contribution in [3.8, 4) is 5.75 Å². The molecule has 1 aromatic rings. The molecule has 5 nitrogen and oxygen atoms in total. The molecule has 0 spiro atoms. The van der Waals surface area contributed by atoms with Crippen LogP contribution in [0.3, 0.4) is 0 Å². The first-order chi connectivity index (χ1) is 11.0. The Hall–Kier alpha value is -2.63. The minimum Gasteiger partial charge on any atom is -0.505 e. The van der Waals surface area contributed by atoms with Crippen LogP contribution in [-0.4, -0.2) is 30.6 Å². The molecular weight excluding hydrogens is 301 g/mol. The van der Waals surface area contributed by atoms with Gasteiger partial charge in [0.15, 0.2) is 11.6 Å². The molecule has 1 atom stereocenters. The lowest BCUT2D eigenvalue weighted by molar-refractivity contribution is -0.145. The normalized spacial score (nSPS) is 12.5. The number of benzene rings is 1. The van der Waals surface area contributed by atoms with E-state index in [1.165, 1.54) is 25.3 Å². The predicted molar refractivity (Wildman–Crippen MR) is 84.2 cm³/mol. The van der Waals surface area contributed by atoms with E-state index in [9.17, 15) is 19.1 Å². The molecular formula is C17H20FNO4. The second kappa shape index (κ2) is 9.40. The van der Waals surface area contributed by atoms with E-state index in [1.807, 2.05) is 6.92 Å². The van der Waals surface area contributed by atoms with E-state index in [-0.39, 0.29) is 18.9 Å². The van der Waals surface area contributed by atoms with Crippen LogP contribution in [0, 0.1) is 11.7 Å². The number of ether oxygens (including phenoxy) is 1. The third-order valence-electron chi connectivity index (χ3n) is 3.10. The van der Waals surface area contributed by atoms with Crippen molar-refractivity contribution in [3.05, 3.63) is 53.9 Å². The zero-order valence-corrected chi connectivity index (χ0v) is 13.1. The molecule has 2 N–H and O–H groups in total. The number of amides is 1. The van der Waals surface area contributed by atoms with Crippen molar-refractivity contribution in [2.75, 3.05) is 13.7 Å². The SMILES string of the molecule is CC=CC=CC(=O)NCC(Cc1ccc(O)c(F)c1)C(=O)OC. The lowest BCUT2D eigenvalue weighted by atomic mass is 9.99. The molecule has 0 aliphatic carbocycles. The van der Waals surface area contributed by atoms with Crippen LogP contribution < -0.4 is 5.32 Å². The zero-order valence-electron chi connectivity index (χ0n) is 13.1. The van der Waals surface area contributed by atoms with Gasteiger partial charge in [-0.3, -0.25) is 9.59 Å². The monoisotopic (exact) mass is 321 g/mol. The number of methoxy groups -OCH3 is 1. The van der Waals surface area contributed by atoms with Crippen LogP contribution >= 0.6 is 0 Å². The van der Waals surface area contributed by atoms with Gasteiger partial charge in [-0.1, -0.05) is 24.3 Å². The second-order valence-electron chi connectivity index (χ2n) is 4.84. The van der Waals surface area contributed by atoms with Crippen molar-refractivity contribution in [1.82, 2.24) is 5.32 Å². The molecule has 6 heteroatoms. The molecule has 124 valence electrons. The predicted octanol–water partition coefficient (Wildman–Crippen LogP) is 2.11. The summed E-state index contributed by atoms with van der Waals surface area (Å²) < 4.78 is 18.1. The average Bonchev–Trinajstić information content (AvgIpc) is 2.54. The summed E-state index contributed by atoms with van der Waals surface area (Å²) in [7, 11) is 1.25. The number of hydrogen-bond acceptors (Lipinski definition) is 4. The summed E-state index contributed by atoms with van der Waals surface area (Å²) in [6.07, 6.45) is 6.59. The van der Waals surface area contributed by atoms with Crippen LogP contribution in [0.25, 0.3) is 0 Å². The molecule has 0 radical (unpaired) electrons. The van der Waals surface area contributed by atoms with Gasteiger partial charge in [-0.15, -0.1) is 0 Å². The largest absolute Gasteiger partial charge is 0.505 e. The van der Waals surface area contributed by atoms with Crippen molar-refractivity contribution < 1.29 is 23.8 Å². The molecule has 0 aliphatic rings. The maximum Gasteiger partial charge on any atom is 0.310 e. The maximum absolute atomic E-state index is 13.3. The van der Waals surface area contributed by atoms with Gasteiger partial charge in [0.25, 0.3) is 0 Å². The van der Waals surface area contributed by atoms with Gasteiger partial charge in [-0.05, 0) is 31.0 Å². The Bertz CT molecular complexity index is 611. The topological polar surface area (TPSA) is 75.6 Å². The molecule has 0 aromatic heterocycles. The maximum atomic E-state index is 13.3. The molecule has 0 aliphatic heterocycles. The molecule has 1 aromatic carbocycles. The lowest BCUT2D eigenvalue weighted by Crippen LogP contribution is -2.33. The Morgan fingerprint density at radius 2 is 2.13 bits per heavy atom. The number of nitrogens with one attached hydrogen (secondary N) is 1. The number of halogens is 1. The van der Waals surface area contributed by atoms with Gasteiger partial charge in [0.1, 0.15) is 0 Å². The Kier molecular flexibility index (Phi) is 7.53.